The number of halogens is 1. The van der Waals surface area contributed by atoms with Crippen molar-refractivity contribution in [2.24, 2.45) is 17.6 Å². The molecule has 1 aromatic carbocycles. The highest BCUT2D eigenvalue weighted by molar-refractivity contribution is 7.89. The molecule has 2 fully saturated rings. The molecule has 1 unspecified atom stereocenters. The molecule has 26 heavy (non-hydrogen) atoms. The fourth-order valence-electron chi connectivity index (χ4n) is 3.69. The molecule has 2 saturated heterocycles. The zero-order chi connectivity index (χ0) is 18.0. The summed E-state index contributed by atoms with van der Waals surface area (Å²) >= 11 is 0. The first-order valence-corrected chi connectivity index (χ1v) is 10.4. The van der Waals surface area contributed by atoms with Crippen LogP contribution in [-0.2, 0) is 14.8 Å². The molecule has 6 nitrogen and oxygen atoms in total. The van der Waals surface area contributed by atoms with Gasteiger partial charge in [-0.25, -0.2) is 8.42 Å². The molecule has 0 saturated carbocycles. The van der Waals surface area contributed by atoms with E-state index >= 15 is 0 Å². The number of likely N-dealkylation sites (tertiary alicyclic amines) is 1. The first-order valence-electron chi connectivity index (χ1n) is 8.97. The minimum Gasteiger partial charge on any atom is -0.342 e. The van der Waals surface area contributed by atoms with Gasteiger partial charge in [-0.05, 0) is 50.8 Å². The highest BCUT2D eigenvalue weighted by Gasteiger charge is 2.35. The molecular formula is C18H28ClN3O3S. The van der Waals surface area contributed by atoms with Gasteiger partial charge >= 0.3 is 0 Å². The van der Waals surface area contributed by atoms with Crippen LogP contribution in [0.4, 0.5) is 0 Å². The number of piperidine rings is 1. The highest BCUT2D eigenvalue weighted by Crippen LogP contribution is 2.27. The highest BCUT2D eigenvalue weighted by atomic mass is 35.5. The van der Waals surface area contributed by atoms with E-state index in [1.165, 1.54) is 4.31 Å². The zero-order valence-corrected chi connectivity index (χ0v) is 16.8. The van der Waals surface area contributed by atoms with Gasteiger partial charge in [0.05, 0.1) is 4.90 Å². The van der Waals surface area contributed by atoms with Crippen LogP contribution >= 0.6 is 12.4 Å². The lowest BCUT2D eigenvalue weighted by Gasteiger charge is -2.32. The molecule has 0 radical (unpaired) electrons. The number of nitrogens with zero attached hydrogens (tertiary/aromatic N) is 2. The number of carbonyl (C=O) groups excluding carboxylic acids is 1. The van der Waals surface area contributed by atoms with Gasteiger partial charge in [0.2, 0.25) is 15.9 Å². The Morgan fingerprint density at radius 3 is 2.27 bits per heavy atom. The molecule has 146 valence electrons. The summed E-state index contributed by atoms with van der Waals surface area (Å²) in [6, 6.07) is 6.92. The van der Waals surface area contributed by atoms with Gasteiger partial charge in [0.15, 0.2) is 0 Å². The second kappa shape index (κ2) is 8.69. The molecule has 2 aliphatic heterocycles. The van der Waals surface area contributed by atoms with Crippen LogP contribution < -0.4 is 5.73 Å². The van der Waals surface area contributed by atoms with Crippen molar-refractivity contribution in [3.63, 3.8) is 0 Å². The number of aryl methyl sites for hydroxylation is 1. The van der Waals surface area contributed by atoms with Crippen LogP contribution in [0.2, 0.25) is 0 Å². The van der Waals surface area contributed by atoms with Gasteiger partial charge in [0, 0.05) is 32.1 Å². The number of carbonyl (C=O) groups is 1. The maximum Gasteiger partial charge on any atom is 0.243 e. The van der Waals surface area contributed by atoms with Gasteiger partial charge in [-0.15, -0.1) is 12.4 Å². The Morgan fingerprint density at radius 2 is 1.73 bits per heavy atom. The van der Waals surface area contributed by atoms with Crippen LogP contribution in [-0.4, -0.2) is 56.3 Å². The lowest BCUT2D eigenvalue weighted by atomic mass is 9.96. The standard InChI is InChI=1S/C18H27N3O3S.ClH/c1-14-2-4-17(5-3-14)25(23,24)21-10-7-16(8-11-21)18(22)20-9-6-15(12-19)13-20;/h2-5,15-16H,6-13,19H2,1H3;1H. The molecule has 0 bridgehead atoms. The number of nitrogens with two attached hydrogens (primary N) is 1. The van der Waals surface area contributed by atoms with Crippen LogP contribution in [0.1, 0.15) is 24.8 Å². The monoisotopic (exact) mass is 401 g/mol. The lowest BCUT2D eigenvalue weighted by molar-refractivity contribution is -0.135. The van der Waals surface area contributed by atoms with E-state index in [0.717, 1.165) is 25.1 Å². The summed E-state index contributed by atoms with van der Waals surface area (Å²) in [6.07, 6.45) is 2.16. The topological polar surface area (TPSA) is 83.7 Å². The smallest absolute Gasteiger partial charge is 0.243 e. The fourth-order valence-corrected chi connectivity index (χ4v) is 5.16. The summed E-state index contributed by atoms with van der Waals surface area (Å²) in [5.74, 6) is 0.510. The molecule has 3 rings (SSSR count). The molecule has 2 N–H and O–H groups in total. The second-order valence-electron chi connectivity index (χ2n) is 7.17. The molecule has 1 atom stereocenters. The Hall–Kier alpha value is -1.15. The van der Waals surface area contributed by atoms with Crippen LogP contribution in [0.5, 0.6) is 0 Å². The van der Waals surface area contributed by atoms with Crippen LogP contribution in [0, 0.1) is 18.8 Å². The Labute approximate surface area is 162 Å². The minimum absolute atomic E-state index is 0. The second-order valence-corrected chi connectivity index (χ2v) is 9.10. The van der Waals surface area contributed by atoms with Gasteiger partial charge in [0.1, 0.15) is 0 Å². The van der Waals surface area contributed by atoms with Crippen molar-refractivity contribution in [1.29, 1.82) is 0 Å². The molecule has 2 aliphatic rings. The fraction of sp³-hybridized carbons (Fsp3) is 0.611. The predicted molar refractivity (Wildman–Crippen MR) is 104 cm³/mol. The largest absolute Gasteiger partial charge is 0.342 e. The van der Waals surface area contributed by atoms with E-state index in [4.69, 9.17) is 5.73 Å². The third kappa shape index (κ3) is 4.39. The van der Waals surface area contributed by atoms with Crippen molar-refractivity contribution < 1.29 is 13.2 Å². The number of hydrogen-bond donors (Lipinski definition) is 1. The van der Waals surface area contributed by atoms with Gasteiger partial charge in [-0.3, -0.25) is 4.79 Å². The normalized spacial score (nSPS) is 22.2. The van der Waals surface area contributed by atoms with E-state index in [0.29, 0.717) is 43.3 Å². The van der Waals surface area contributed by atoms with Gasteiger partial charge in [0.25, 0.3) is 0 Å². The Balaban J connectivity index is 0.00000243. The maximum absolute atomic E-state index is 12.7. The van der Waals surface area contributed by atoms with Gasteiger partial charge in [-0.2, -0.15) is 4.31 Å². The van der Waals surface area contributed by atoms with Crippen molar-refractivity contribution >= 4 is 28.3 Å². The van der Waals surface area contributed by atoms with Crippen molar-refractivity contribution in [1.82, 2.24) is 9.21 Å². The lowest BCUT2D eigenvalue weighted by Crippen LogP contribution is -2.44. The molecule has 1 aromatic rings. The summed E-state index contributed by atoms with van der Waals surface area (Å²) in [4.78, 5) is 14.9. The van der Waals surface area contributed by atoms with Crippen LogP contribution in [0.25, 0.3) is 0 Å². The van der Waals surface area contributed by atoms with E-state index in [-0.39, 0.29) is 24.2 Å². The SMILES string of the molecule is Cc1ccc(S(=O)(=O)N2CCC(C(=O)N3CCC(CN)C3)CC2)cc1.Cl. The van der Waals surface area contributed by atoms with E-state index in [1.54, 1.807) is 12.1 Å². The van der Waals surface area contributed by atoms with E-state index in [2.05, 4.69) is 0 Å². The Morgan fingerprint density at radius 1 is 1.12 bits per heavy atom. The van der Waals surface area contributed by atoms with Crippen molar-refractivity contribution in [2.75, 3.05) is 32.7 Å². The number of sulfonamides is 1. The molecule has 0 spiro atoms. The van der Waals surface area contributed by atoms with E-state index < -0.39 is 10.0 Å². The van der Waals surface area contributed by atoms with E-state index in [9.17, 15) is 13.2 Å². The number of amides is 1. The summed E-state index contributed by atoms with van der Waals surface area (Å²) in [6.45, 7) is 4.89. The molecule has 8 heteroatoms. The van der Waals surface area contributed by atoms with Gasteiger partial charge < -0.3 is 10.6 Å². The first-order chi connectivity index (χ1) is 11.9. The maximum atomic E-state index is 12.7. The summed E-state index contributed by atoms with van der Waals surface area (Å²) in [7, 11) is -3.47. The van der Waals surface area contributed by atoms with E-state index in [1.807, 2.05) is 24.0 Å². The van der Waals surface area contributed by atoms with Crippen molar-refractivity contribution in [2.45, 2.75) is 31.1 Å². The third-order valence-corrected chi connectivity index (χ3v) is 7.31. The van der Waals surface area contributed by atoms with Gasteiger partial charge in [-0.1, -0.05) is 17.7 Å². The number of rotatable bonds is 4. The number of hydrogen-bond acceptors (Lipinski definition) is 4. The minimum atomic E-state index is -3.47. The third-order valence-electron chi connectivity index (χ3n) is 5.39. The average Bonchev–Trinajstić information content (AvgIpc) is 3.11. The zero-order valence-electron chi connectivity index (χ0n) is 15.1. The number of benzene rings is 1. The van der Waals surface area contributed by atoms with Crippen LogP contribution in [0.3, 0.4) is 0 Å². The summed E-state index contributed by atoms with van der Waals surface area (Å²) in [5.41, 5.74) is 6.73. The Kier molecular flexibility index (Phi) is 7.07. The predicted octanol–water partition coefficient (Wildman–Crippen LogP) is 1.62. The summed E-state index contributed by atoms with van der Waals surface area (Å²) < 4.78 is 27.0. The van der Waals surface area contributed by atoms with Crippen molar-refractivity contribution in [3.05, 3.63) is 29.8 Å². The van der Waals surface area contributed by atoms with Crippen LogP contribution in [0.15, 0.2) is 29.2 Å². The molecule has 0 aliphatic carbocycles. The molecule has 2 heterocycles. The summed E-state index contributed by atoms with van der Waals surface area (Å²) in [5, 5.41) is 0. The molecular weight excluding hydrogens is 374 g/mol. The first kappa shape index (κ1) is 21.2. The molecule has 1 amide bonds. The Bertz CT molecular complexity index is 716. The quantitative estimate of drug-likeness (QED) is 0.830. The average molecular weight is 402 g/mol. The molecule has 0 aromatic heterocycles. The van der Waals surface area contributed by atoms with Crippen molar-refractivity contribution in [3.8, 4) is 0 Å².